The van der Waals surface area contributed by atoms with Crippen LogP contribution in [0.2, 0.25) is 0 Å². The molecule has 6 nitrogen and oxygen atoms in total. The van der Waals surface area contributed by atoms with E-state index in [9.17, 15) is 10.1 Å². The summed E-state index contributed by atoms with van der Waals surface area (Å²) in [5.74, 6) is 1.41. The van der Waals surface area contributed by atoms with Crippen molar-refractivity contribution >= 4 is 12.0 Å². The zero-order valence-electron chi connectivity index (χ0n) is 15.8. The van der Waals surface area contributed by atoms with Gasteiger partial charge in [-0.1, -0.05) is 19.8 Å². The van der Waals surface area contributed by atoms with Crippen LogP contribution in [-0.2, 0) is 4.79 Å². The van der Waals surface area contributed by atoms with Gasteiger partial charge < -0.3 is 19.5 Å². The van der Waals surface area contributed by atoms with Gasteiger partial charge in [0, 0.05) is 11.6 Å². The van der Waals surface area contributed by atoms with Gasteiger partial charge in [-0.2, -0.15) is 5.26 Å². The number of nitrogens with one attached hydrogen (secondary N) is 1. The zero-order valence-corrected chi connectivity index (χ0v) is 15.8. The van der Waals surface area contributed by atoms with E-state index in [0.717, 1.165) is 19.3 Å². The minimum absolute atomic E-state index is 0.0355. The predicted molar refractivity (Wildman–Crippen MR) is 99.3 cm³/mol. The maximum absolute atomic E-state index is 12.6. The number of carbonyl (C=O) groups is 1. The Morgan fingerprint density at radius 1 is 1.15 bits per heavy atom. The third-order valence-corrected chi connectivity index (χ3v) is 4.83. The van der Waals surface area contributed by atoms with Crippen molar-refractivity contribution < 1.29 is 19.0 Å². The van der Waals surface area contributed by atoms with Crippen LogP contribution in [0.3, 0.4) is 0 Å². The number of ether oxygens (including phenoxy) is 3. The SMILES string of the molecule is COc1ccc(/C=C(\C#N)C(=O)N[C@@H]2CCCC[C@@H]2C)c(OC)c1OC. The summed E-state index contributed by atoms with van der Waals surface area (Å²) in [5.41, 5.74) is 0.613. The van der Waals surface area contributed by atoms with E-state index >= 15 is 0 Å². The van der Waals surface area contributed by atoms with Gasteiger partial charge in [-0.05, 0) is 37.0 Å². The Kier molecular flexibility index (Phi) is 6.90. The molecule has 1 aliphatic rings. The zero-order chi connectivity index (χ0) is 19.1. The van der Waals surface area contributed by atoms with E-state index in [0.29, 0.717) is 28.7 Å². The predicted octanol–water partition coefficient (Wildman–Crippen LogP) is 3.31. The molecule has 1 saturated carbocycles. The number of nitriles is 1. The fraction of sp³-hybridized carbons (Fsp3) is 0.500. The molecule has 0 unspecified atom stereocenters. The Bertz CT molecular complexity index is 721. The molecule has 2 rings (SSSR count). The van der Waals surface area contributed by atoms with Gasteiger partial charge in [0.05, 0.1) is 21.3 Å². The summed E-state index contributed by atoms with van der Waals surface area (Å²) in [6.07, 6.45) is 5.86. The van der Waals surface area contributed by atoms with Gasteiger partial charge >= 0.3 is 0 Å². The molecule has 1 amide bonds. The molecule has 1 fully saturated rings. The highest BCUT2D eigenvalue weighted by molar-refractivity contribution is 6.02. The molecule has 6 heteroatoms. The minimum atomic E-state index is -0.358. The van der Waals surface area contributed by atoms with E-state index in [2.05, 4.69) is 12.2 Å². The standard InChI is InChI=1S/C20H26N2O4/c1-13-7-5-6-8-16(13)22-20(23)15(12-21)11-14-9-10-17(24-2)19(26-4)18(14)25-3/h9-11,13,16H,5-8H2,1-4H3,(H,22,23)/b15-11+/t13-,16+/m0/s1. The molecule has 26 heavy (non-hydrogen) atoms. The number of hydrogen-bond donors (Lipinski definition) is 1. The van der Waals surface area contributed by atoms with Crippen LogP contribution in [0.1, 0.15) is 38.2 Å². The van der Waals surface area contributed by atoms with Crippen LogP contribution in [0.5, 0.6) is 17.2 Å². The van der Waals surface area contributed by atoms with Crippen LogP contribution in [0.4, 0.5) is 0 Å². The molecular formula is C20H26N2O4. The monoisotopic (exact) mass is 358 g/mol. The fourth-order valence-electron chi connectivity index (χ4n) is 3.32. The number of rotatable bonds is 6. The molecule has 0 radical (unpaired) electrons. The van der Waals surface area contributed by atoms with E-state index in [1.807, 2.05) is 6.07 Å². The van der Waals surface area contributed by atoms with Crippen LogP contribution in [-0.4, -0.2) is 33.3 Å². The van der Waals surface area contributed by atoms with E-state index in [1.165, 1.54) is 33.8 Å². The van der Waals surface area contributed by atoms with Crippen molar-refractivity contribution in [2.75, 3.05) is 21.3 Å². The molecule has 0 spiro atoms. The lowest BCUT2D eigenvalue weighted by molar-refractivity contribution is -0.118. The molecule has 1 aromatic rings. The van der Waals surface area contributed by atoms with E-state index in [-0.39, 0.29) is 17.5 Å². The van der Waals surface area contributed by atoms with Gasteiger partial charge in [0.15, 0.2) is 11.5 Å². The first-order valence-electron chi connectivity index (χ1n) is 8.77. The highest BCUT2D eigenvalue weighted by atomic mass is 16.5. The van der Waals surface area contributed by atoms with E-state index in [4.69, 9.17) is 14.2 Å². The summed E-state index contributed by atoms with van der Waals surface area (Å²) < 4.78 is 16.0. The molecular weight excluding hydrogens is 332 g/mol. The minimum Gasteiger partial charge on any atom is -0.493 e. The summed E-state index contributed by atoms with van der Waals surface area (Å²) in [7, 11) is 4.55. The quantitative estimate of drug-likeness (QED) is 0.623. The summed E-state index contributed by atoms with van der Waals surface area (Å²) in [4.78, 5) is 12.6. The number of carbonyl (C=O) groups excluding carboxylic acids is 1. The van der Waals surface area contributed by atoms with Gasteiger partial charge in [0.2, 0.25) is 5.75 Å². The number of methoxy groups -OCH3 is 3. The van der Waals surface area contributed by atoms with Gasteiger partial charge in [0.25, 0.3) is 5.91 Å². The van der Waals surface area contributed by atoms with Gasteiger partial charge in [-0.25, -0.2) is 0 Å². The van der Waals surface area contributed by atoms with Crippen molar-refractivity contribution in [1.82, 2.24) is 5.32 Å². The van der Waals surface area contributed by atoms with Gasteiger partial charge in [0.1, 0.15) is 11.6 Å². The first-order valence-corrected chi connectivity index (χ1v) is 8.77. The van der Waals surface area contributed by atoms with Crippen LogP contribution >= 0.6 is 0 Å². The Hall–Kier alpha value is -2.68. The number of amides is 1. The Morgan fingerprint density at radius 2 is 1.85 bits per heavy atom. The normalized spacial score (nSPS) is 20.0. The molecule has 1 aliphatic carbocycles. The maximum Gasteiger partial charge on any atom is 0.262 e. The van der Waals surface area contributed by atoms with Crippen molar-refractivity contribution in [3.05, 3.63) is 23.3 Å². The second-order valence-electron chi connectivity index (χ2n) is 6.44. The van der Waals surface area contributed by atoms with Crippen molar-refractivity contribution in [2.24, 2.45) is 5.92 Å². The molecule has 0 aromatic heterocycles. The number of benzene rings is 1. The summed E-state index contributed by atoms with van der Waals surface area (Å²) in [5, 5.41) is 12.5. The first kappa shape index (κ1) is 19.6. The summed E-state index contributed by atoms with van der Waals surface area (Å²) in [6, 6.07) is 5.55. The van der Waals surface area contributed by atoms with Crippen LogP contribution in [0, 0.1) is 17.2 Å². The topological polar surface area (TPSA) is 80.6 Å². The van der Waals surface area contributed by atoms with Gasteiger partial charge in [-0.15, -0.1) is 0 Å². The van der Waals surface area contributed by atoms with Crippen LogP contribution < -0.4 is 19.5 Å². The lowest BCUT2D eigenvalue weighted by atomic mass is 9.86. The largest absolute Gasteiger partial charge is 0.493 e. The van der Waals surface area contributed by atoms with Crippen LogP contribution in [0.15, 0.2) is 17.7 Å². The van der Waals surface area contributed by atoms with E-state index in [1.54, 1.807) is 12.1 Å². The highest BCUT2D eigenvalue weighted by Crippen LogP contribution is 2.40. The molecule has 0 saturated heterocycles. The highest BCUT2D eigenvalue weighted by Gasteiger charge is 2.24. The van der Waals surface area contributed by atoms with Gasteiger partial charge in [-0.3, -0.25) is 4.79 Å². The lowest BCUT2D eigenvalue weighted by Crippen LogP contribution is -2.41. The summed E-state index contributed by atoms with van der Waals surface area (Å²) in [6.45, 7) is 2.14. The molecule has 0 aliphatic heterocycles. The fourth-order valence-corrected chi connectivity index (χ4v) is 3.32. The molecule has 140 valence electrons. The van der Waals surface area contributed by atoms with Crippen molar-refractivity contribution in [3.63, 3.8) is 0 Å². The first-order chi connectivity index (χ1) is 12.5. The second kappa shape index (κ2) is 9.14. The second-order valence-corrected chi connectivity index (χ2v) is 6.44. The maximum atomic E-state index is 12.6. The lowest BCUT2D eigenvalue weighted by Gasteiger charge is -2.29. The number of hydrogen-bond acceptors (Lipinski definition) is 5. The summed E-state index contributed by atoms with van der Waals surface area (Å²) >= 11 is 0. The third-order valence-electron chi connectivity index (χ3n) is 4.83. The Balaban J connectivity index is 2.30. The molecule has 1 N–H and O–H groups in total. The Morgan fingerprint density at radius 3 is 2.42 bits per heavy atom. The van der Waals surface area contributed by atoms with E-state index < -0.39 is 0 Å². The van der Waals surface area contributed by atoms with Crippen LogP contribution in [0.25, 0.3) is 6.08 Å². The molecule has 2 atom stereocenters. The number of nitrogens with zero attached hydrogens (tertiary/aromatic N) is 1. The van der Waals surface area contributed by atoms with Crippen molar-refractivity contribution in [2.45, 2.75) is 38.6 Å². The Labute approximate surface area is 154 Å². The molecule has 0 bridgehead atoms. The van der Waals surface area contributed by atoms with Crippen molar-refractivity contribution in [3.8, 4) is 23.3 Å². The third kappa shape index (κ3) is 4.29. The van der Waals surface area contributed by atoms with Crippen molar-refractivity contribution in [1.29, 1.82) is 5.26 Å². The molecule has 1 aromatic carbocycles. The average Bonchev–Trinajstić information content (AvgIpc) is 2.66. The smallest absolute Gasteiger partial charge is 0.262 e. The molecule has 0 heterocycles. The average molecular weight is 358 g/mol.